The Morgan fingerprint density at radius 1 is 1.16 bits per heavy atom. The topological polar surface area (TPSA) is 62.5 Å². The molecule has 0 bridgehead atoms. The number of benzene rings is 2. The third-order valence-corrected chi connectivity index (χ3v) is 4.84. The smallest absolute Gasteiger partial charge is 0.157 e. The minimum Gasteiger partial charge on any atom is -0.508 e. The number of fused-ring (bicyclic) bond motifs is 1. The lowest BCUT2D eigenvalue weighted by atomic mass is 10.1. The first-order valence-electron chi connectivity index (χ1n) is 7.76. The predicted octanol–water partition coefficient (Wildman–Crippen LogP) is 4.92. The normalized spacial score (nSPS) is 11.0. The van der Waals surface area contributed by atoms with Gasteiger partial charge in [-0.2, -0.15) is 0 Å². The molecule has 124 valence electrons. The van der Waals surface area contributed by atoms with Crippen molar-refractivity contribution < 1.29 is 5.11 Å². The zero-order chi connectivity index (χ0) is 17.4. The number of hydrogen-bond acceptors (Lipinski definition) is 4. The van der Waals surface area contributed by atoms with E-state index in [0.29, 0.717) is 0 Å². The molecular formula is C19H15BrN4O. The van der Waals surface area contributed by atoms with Crippen LogP contribution in [0.15, 0.2) is 65.5 Å². The Morgan fingerprint density at radius 2 is 2.04 bits per heavy atom. The molecule has 0 amide bonds. The summed E-state index contributed by atoms with van der Waals surface area (Å²) < 4.78 is 2.98. The molecule has 6 heteroatoms. The molecule has 2 aromatic heterocycles. The van der Waals surface area contributed by atoms with Gasteiger partial charge in [0.15, 0.2) is 5.65 Å². The molecule has 0 fully saturated rings. The van der Waals surface area contributed by atoms with E-state index in [0.717, 1.165) is 32.9 Å². The average Bonchev–Trinajstić information content (AvgIpc) is 2.97. The lowest BCUT2D eigenvalue weighted by molar-refractivity contribution is 0.475. The number of phenols is 1. The van der Waals surface area contributed by atoms with Crippen molar-refractivity contribution in [1.82, 2.24) is 14.4 Å². The molecule has 0 aliphatic rings. The highest BCUT2D eigenvalue weighted by Crippen LogP contribution is 2.33. The number of imidazole rings is 1. The molecule has 0 saturated heterocycles. The largest absolute Gasteiger partial charge is 0.508 e. The van der Waals surface area contributed by atoms with E-state index in [1.807, 2.05) is 41.8 Å². The molecule has 4 aromatic rings. The van der Waals surface area contributed by atoms with Crippen molar-refractivity contribution >= 4 is 33.1 Å². The molecule has 0 radical (unpaired) electrons. The zero-order valence-corrected chi connectivity index (χ0v) is 15.0. The number of halogens is 1. The minimum absolute atomic E-state index is 0.205. The SMILES string of the molecule is Cc1ccc(Nc2c(-c3cccc(O)c3)nc3cnccn23)cc1Br. The Hall–Kier alpha value is -2.86. The molecule has 0 unspecified atom stereocenters. The van der Waals surface area contributed by atoms with Crippen LogP contribution in [0.4, 0.5) is 11.5 Å². The van der Waals surface area contributed by atoms with Gasteiger partial charge in [0.25, 0.3) is 0 Å². The van der Waals surface area contributed by atoms with Gasteiger partial charge in [-0.1, -0.05) is 34.1 Å². The van der Waals surface area contributed by atoms with Crippen molar-refractivity contribution in [1.29, 1.82) is 0 Å². The fourth-order valence-corrected chi connectivity index (χ4v) is 3.07. The molecular weight excluding hydrogens is 380 g/mol. The predicted molar refractivity (Wildman–Crippen MR) is 102 cm³/mol. The third-order valence-electron chi connectivity index (χ3n) is 3.98. The summed E-state index contributed by atoms with van der Waals surface area (Å²) >= 11 is 3.57. The van der Waals surface area contributed by atoms with Crippen molar-refractivity contribution in [3.63, 3.8) is 0 Å². The first-order chi connectivity index (χ1) is 12.1. The van der Waals surface area contributed by atoms with Crippen LogP contribution in [0.2, 0.25) is 0 Å². The molecule has 4 rings (SSSR count). The van der Waals surface area contributed by atoms with E-state index in [2.05, 4.69) is 31.2 Å². The van der Waals surface area contributed by atoms with E-state index in [9.17, 15) is 5.11 Å². The third kappa shape index (κ3) is 2.96. The molecule has 5 nitrogen and oxygen atoms in total. The van der Waals surface area contributed by atoms with Gasteiger partial charge in [0, 0.05) is 28.1 Å². The van der Waals surface area contributed by atoms with E-state index in [-0.39, 0.29) is 5.75 Å². The van der Waals surface area contributed by atoms with E-state index in [4.69, 9.17) is 0 Å². The standard InChI is InChI=1S/C19H15BrN4O/c1-12-5-6-14(10-16(12)20)22-19-18(13-3-2-4-15(25)9-13)23-17-11-21-7-8-24(17)19/h2-11,22,25H,1H3. The molecule has 2 aromatic carbocycles. The van der Waals surface area contributed by atoms with Crippen LogP contribution in [0, 0.1) is 6.92 Å². The van der Waals surface area contributed by atoms with Crippen LogP contribution in [0.3, 0.4) is 0 Å². The van der Waals surface area contributed by atoms with E-state index < -0.39 is 0 Å². The quantitative estimate of drug-likeness (QED) is 0.517. The Labute approximate surface area is 153 Å². The van der Waals surface area contributed by atoms with Crippen molar-refractivity contribution in [2.24, 2.45) is 0 Å². The minimum atomic E-state index is 0.205. The highest BCUT2D eigenvalue weighted by Gasteiger charge is 2.15. The highest BCUT2D eigenvalue weighted by molar-refractivity contribution is 9.10. The highest BCUT2D eigenvalue weighted by atomic mass is 79.9. The summed E-state index contributed by atoms with van der Waals surface area (Å²) in [5, 5.41) is 13.3. The van der Waals surface area contributed by atoms with Crippen LogP contribution in [0.25, 0.3) is 16.9 Å². The number of nitrogens with one attached hydrogen (secondary N) is 1. The van der Waals surface area contributed by atoms with Gasteiger partial charge in [0.2, 0.25) is 0 Å². The second-order valence-electron chi connectivity index (χ2n) is 5.75. The van der Waals surface area contributed by atoms with Crippen molar-refractivity contribution in [3.8, 4) is 17.0 Å². The monoisotopic (exact) mass is 394 g/mol. The summed E-state index contributed by atoms with van der Waals surface area (Å²) in [5.41, 5.74) is 4.42. The Bertz CT molecular complexity index is 1070. The molecule has 0 spiro atoms. The lowest BCUT2D eigenvalue weighted by Crippen LogP contribution is -1.97. The van der Waals surface area contributed by atoms with Crippen LogP contribution in [-0.2, 0) is 0 Å². The Balaban J connectivity index is 1.88. The van der Waals surface area contributed by atoms with Gasteiger partial charge in [0.05, 0.1) is 6.20 Å². The van der Waals surface area contributed by atoms with Gasteiger partial charge in [0.1, 0.15) is 17.3 Å². The molecule has 0 aliphatic heterocycles. The van der Waals surface area contributed by atoms with Gasteiger partial charge in [-0.15, -0.1) is 0 Å². The Kier molecular flexibility index (Phi) is 3.89. The van der Waals surface area contributed by atoms with Crippen LogP contribution in [0.1, 0.15) is 5.56 Å². The van der Waals surface area contributed by atoms with Crippen LogP contribution in [0.5, 0.6) is 5.75 Å². The number of hydrogen-bond donors (Lipinski definition) is 2. The fraction of sp³-hybridized carbons (Fsp3) is 0.0526. The van der Waals surface area contributed by atoms with Gasteiger partial charge >= 0.3 is 0 Å². The number of anilines is 2. The molecule has 25 heavy (non-hydrogen) atoms. The van der Waals surface area contributed by atoms with E-state index in [1.54, 1.807) is 30.6 Å². The first-order valence-corrected chi connectivity index (χ1v) is 8.56. The van der Waals surface area contributed by atoms with Gasteiger partial charge in [-0.05, 0) is 36.8 Å². The molecule has 2 N–H and O–H groups in total. The van der Waals surface area contributed by atoms with Crippen LogP contribution < -0.4 is 5.32 Å². The van der Waals surface area contributed by atoms with Crippen LogP contribution >= 0.6 is 15.9 Å². The van der Waals surface area contributed by atoms with Crippen molar-refractivity contribution in [2.45, 2.75) is 6.92 Å². The van der Waals surface area contributed by atoms with Crippen molar-refractivity contribution in [3.05, 3.63) is 71.1 Å². The average molecular weight is 395 g/mol. The maximum atomic E-state index is 9.82. The second kappa shape index (κ2) is 6.22. The maximum absolute atomic E-state index is 9.82. The summed E-state index contributed by atoms with van der Waals surface area (Å²) in [6.45, 7) is 2.05. The number of aryl methyl sites for hydroxylation is 1. The molecule has 2 heterocycles. The molecule has 0 atom stereocenters. The summed E-state index contributed by atoms with van der Waals surface area (Å²) in [5.74, 6) is 1.02. The zero-order valence-electron chi connectivity index (χ0n) is 13.4. The summed E-state index contributed by atoms with van der Waals surface area (Å²) in [4.78, 5) is 8.82. The number of aromatic nitrogens is 3. The molecule has 0 saturated carbocycles. The van der Waals surface area contributed by atoms with Gasteiger partial charge in [-0.3, -0.25) is 9.38 Å². The number of rotatable bonds is 3. The summed E-state index contributed by atoms with van der Waals surface area (Å²) in [6.07, 6.45) is 5.29. The van der Waals surface area contributed by atoms with E-state index in [1.165, 1.54) is 5.56 Å². The summed E-state index contributed by atoms with van der Waals surface area (Å²) in [7, 11) is 0. The Morgan fingerprint density at radius 3 is 2.84 bits per heavy atom. The first kappa shape index (κ1) is 15.7. The molecule has 0 aliphatic carbocycles. The van der Waals surface area contributed by atoms with Gasteiger partial charge in [-0.25, -0.2) is 4.98 Å². The summed E-state index contributed by atoms with van der Waals surface area (Å²) in [6, 6.07) is 13.2. The van der Waals surface area contributed by atoms with Crippen LogP contribution in [-0.4, -0.2) is 19.5 Å². The van der Waals surface area contributed by atoms with E-state index >= 15 is 0 Å². The second-order valence-corrected chi connectivity index (χ2v) is 6.61. The number of nitrogens with zero attached hydrogens (tertiary/aromatic N) is 3. The van der Waals surface area contributed by atoms with Gasteiger partial charge < -0.3 is 10.4 Å². The van der Waals surface area contributed by atoms with Crippen molar-refractivity contribution in [2.75, 3.05) is 5.32 Å². The lowest BCUT2D eigenvalue weighted by Gasteiger charge is -2.10. The number of aromatic hydroxyl groups is 1. The fourth-order valence-electron chi connectivity index (χ4n) is 2.69. The number of phenolic OH excluding ortho intramolecular Hbond substituents is 1. The maximum Gasteiger partial charge on any atom is 0.157 e.